The molecular formula is C50H97NO5. The second kappa shape index (κ2) is 44.7. The summed E-state index contributed by atoms with van der Waals surface area (Å²) in [6.45, 7) is 6.47. The van der Waals surface area contributed by atoms with E-state index in [0.29, 0.717) is 19.3 Å². The zero-order valence-corrected chi connectivity index (χ0v) is 37.8. The number of hydrogen-bond acceptors (Lipinski definition) is 5. The topological polar surface area (TPSA) is 95.9 Å². The number of esters is 1. The van der Waals surface area contributed by atoms with Gasteiger partial charge in [-0.2, -0.15) is 0 Å². The molecule has 0 aliphatic rings. The summed E-state index contributed by atoms with van der Waals surface area (Å²) < 4.78 is 5.92. The van der Waals surface area contributed by atoms with Gasteiger partial charge in [-0.1, -0.05) is 219 Å². The maximum absolute atomic E-state index is 13.1. The van der Waals surface area contributed by atoms with Crippen molar-refractivity contribution >= 4 is 11.9 Å². The molecule has 1 amide bonds. The molecule has 0 bridgehead atoms. The van der Waals surface area contributed by atoms with Crippen LogP contribution in [0.4, 0.5) is 0 Å². The van der Waals surface area contributed by atoms with Crippen LogP contribution >= 0.6 is 0 Å². The Hall–Kier alpha value is -1.40. The van der Waals surface area contributed by atoms with Crippen molar-refractivity contribution in [1.29, 1.82) is 0 Å². The monoisotopic (exact) mass is 792 g/mol. The summed E-state index contributed by atoms with van der Waals surface area (Å²) in [5, 5.41) is 23.6. The van der Waals surface area contributed by atoms with E-state index in [4.69, 9.17) is 4.74 Å². The van der Waals surface area contributed by atoms with Gasteiger partial charge in [-0.15, -0.1) is 0 Å². The zero-order valence-electron chi connectivity index (χ0n) is 37.8. The molecule has 0 aromatic carbocycles. The van der Waals surface area contributed by atoms with Gasteiger partial charge in [0, 0.05) is 6.42 Å². The van der Waals surface area contributed by atoms with E-state index in [1.54, 1.807) is 0 Å². The van der Waals surface area contributed by atoms with E-state index < -0.39 is 18.2 Å². The minimum absolute atomic E-state index is 0.0822. The molecule has 0 aromatic rings. The average molecular weight is 792 g/mol. The van der Waals surface area contributed by atoms with Crippen LogP contribution in [-0.4, -0.2) is 46.9 Å². The van der Waals surface area contributed by atoms with Crippen molar-refractivity contribution < 1.29 is 24.5 Å². The fourth-order valence-corrected chi connectivity index (χ4v) is 7.78. The first-order valence-electron chi connectivity index (χ1n) is 24.9. The molecule has 332 valence electrons. The summed E-state index contributed by atoms with van der Waals surface area (Å²) in [5.74, 6) is -0.466. The largest absolute Gasteiger partial charge is 0.462 e. The van der Waals surface area contributed by atoms with Gasteiger partial charge in [0.15, 0.2) is 0 Å². The van der Waals surface area contributed by atoms with Gasteiger partial charge in [0.1, 0.15) is 6.10 Å². The van der Waals surface area contributed by atoms with E-state index in [0.717, 1.165) is 44.9 Å². The third kappa shape index (κ3) is 39.4. The third-order valence-corrected chi connectivity index (χ3v) is 11.6. The van der Waals surface area contributed by atoms with Gasteiger partial charge in [-0.25, -0.2) is 0 Å². The lowest BCUT2D eigenvalue weighted by Crippen LogP contribution is -2.46. The van der Waals surface area contributed by atoms with Gasteiger partial charge in [0.2, 0.25) is 5.91 Å². The fraction of sp³-hybridized carbons (Fsp3) is 0.920. The number of allylic oxidation sites excluding steroid dienone is 2. The van der Waals surface area contributed by atoms with Crippen LogP contribution in [0.25, 0.3) is 0 Å². The standard InChI is InChI=1S/C50H97NO5/c1-4-7-10-13-16-19-22-23-24-25-26-27-28-31-34-37-40-43-50(55)56-46(41-38-35-32-29-20-17-14-11-8-5-2)44-49(54)51-47(45-52)48(53)42-39-36-33-30-21-18-15-12-9-6-3/h23-24,46-48,52-53H,4-22,25-45H2,1-3H3,(H,51,54)/b24-23+. The smallest absolute Gasteiger partial charge is 0.306 e. The number of amides is 1. The molecule has 0 heterocycles. The summed E-state index contributed by atoms with van der Waals surface area (Å²) in [4.78, 5) is 26.0. The highest BCUT2D eigenvalue weighted by Crippen LogP contribution is 2.18. The van der Waals surface area contributed by atoms with Gasteiger partial charge in [0.05, 0.1) is 25.2 Å². The fourth-order valence-electron chi connectivity index (χ4n) is 7.78. The number of rotatable bonds is 45. The Morgan fingerprint density at radius 2 is 0.857 bits per heavy atom. The van der Waals surface area contributed by atoms with E-state index in [-0.39, 0.29) is 24.9 Å². The second-order valence-electron chi connectivity index (χ2n) is 17.2. The molecule has 6 nitrogen and oxygen atoms in total. The molecule has 0 saturated heterocycles. The molecule has 3 N–H and O–H groups in total. The van der Waals surface area contributed by atoms with E-state index >= 15 is 0 Å². The zero-order chi connectivity index (χ0) is 41.0. The summed E-state index contributed by atoms with van der Waals surface area (Å²) in [7, 11) is 0. The highest BCUT2D eigenvalue weighted by atomic mass is 16.5. The lowest BCUT2D eigenvalue weighted by molar-refractivity contribution is -0.151. The third-order valence-electron chi connectivity index (χ3n) is 11.6. The van der Waals surface area contributed by atoms with Crippen LogP contribution in [0.15, 0.2) is 12.2 Å². The molecule has 3 unspecified atom stereocenters. The highest BCUT2D eigenvalue weighted by molar-refractivity contribution is 5.77. The van der Waals surface area contributed by atoms with Gasteiger partial charge in [-0.3, -0.25) is 9.59 Å². The number of hydrogen-bond donors (Lipinski definition) is 3. The number of carbonyl (C=O) groups is 2. The first kappa shape index (κ1) is 54.6. The Bertz CT molecular complexity index is 847. The molecule has 0 aliphatic heterocycles. The Balaban J connectivity index is 4.47. The van der Waals surface area contributed by atoms with E-state index in [9.17, 15) is 19.8 Å². The Kier molecular flexibility index (Phi) is 43.6. The van der Waals surface area contributed by atoms with Crippen molar-refractivity contribution in [3.05, 3.63) is 12.2 Å². The molecule has 0 aromatic heterocycles. The molecule has 0 fully saturated rings. The Morgan fingerprint density at radius 1 is 0.500 bits per heavy atom. The predicted molar refractivity (Wildman–Crippen MR) is 241 cm³/mol. The number of unbranched alkanes of at least 4 members (excludes halogenated alkanes) is 31. The van der Waals surface area contributed by atoms with Crippen LogP contribution in [0.1, 0.15) is 271 Å². The molecule has 0 saturated carbocycles. The van der Waals surface area contributed by atoms with Crippen molar-refractivity contribution in [3.8, 4) is 0 Å². The van der Waals surface area contributed by atoms with Crippen molar-refractivity contribution in [2.45, 2.75) is 289 Å². The molecule has 0 radical (unpaired) electrons. The van der Waals surface area contributed by atoms with E-state index in [1.165, 1.54) is 180 Å². The van der Waals surface area contributed by atoms with Gasteiger partial charge in [0.25, 0.3) is 0 Å². The number of ether oxygens (including phenoxy) is 1. The van der Waals surface area contributed by atoms with Crippen LogP contribution in [-0.2, 0) is 14.3 Å². The van der Waals surface area contributed by atoms with Crippen molar-refractivity contribution in [3.63, 3.8) is 0 Å². The van der Waals surface area contributed by atoms with Crippen LogP contribution in [0.2, 0.25) is 0 Å². The first-order chi connectivity index (χ1) is 27.5. The lowest BCUT2D eigenvalue weighted by Gasteiger charge is -2.24. The maximum Gasteiger partial charge on any atom is 0.306 e. The molecular weight excluding hydrogens is 695 g/mol. The summed E-state index contributed by atoms with van der Waals surface area (Å²) in [6.07, 6.45) is 48.4. The molecule has 56 heavy (non-hydrogen) atoms. The quantitative estimate of drug-likeness (QED) is 0.0324. The minimum Gasteiger partial charge on any atom is -0.462 e. The van der Waals surface area contributed by atoms with E-state index in [1.807, 2.05) is 0 Å². The maximum atomic E-state index is 13.1. The molecule has 0 spiro atoms. The molecule has 6 heteroatoms. The Morgan fingerprint density at radius 3 is 1.27 bits per heavy atom. The summed E-state index contributed by atoms with van der Waals surface area (Å²) in [5.41, 5.74) is 0. The molecule has 0 aliphatic carbocycles. The van der Waals surface area contributed by atoms with Crippen LogP contribution < -0.4 is 5.32 Å². The highest BCUT2D eigenvalue weighted by Gasteiger charge is 2.24. The van der Waals surface area contributed by atoms with Crippen molar-refractivity contribution in [2.75, 3.05) is 6.61 Å². The predicted octanol–water partition coefficient (Wildman–Crippen LogP) is 14.6. The van der Waals surface area contributed by atoms with Crippen LogP contribution in [0, 0.1) is 0 Å². The van der Waals surface area contributed by atoms with Crippen LogP contribution in [0.5, 0.6) is 0 Å². The summed E-state index contributed by atoms with van der Waals surface area (Å²) in [6, 6.07) is -0.693. The minimum atomic E-state index is -0.780. The van der Waals surface area contributed by atoms with E-state index in [2.05, 4.69) is 38.2 Å². The first-order valence-corrected chi connectivity index (χ1v) is 24.9. The van der Waals surface area contributed by atoms with Gasteiger partial charge >= 0.3 is 5.97 Å². The SMILES string of the molecule is CCCCCCCC/C=C/CCCCCCCCCC(=O)OC(CCCCCCCCCCCC)CC(=O)NC(CO)C(O)CCCCCCCCCCCC. The van der Waals surface area contributed by atoms with Crippen molar-refractivity contribution in [1.82, 2.24) is 5.32 Å². The normalized spacial score (nSPS) is 13.3. The number of nitrogens with one attached hydrogen (secondary N) is 1. The number of aliphatic hydroxyl groups is 2. The number of aliphatic hydroxyl groups excluding tert-OH is 2. The lowest BCUT2D eigenvalue weighted by atomic mass is 10.0. The average Bonchev–Trinajstić information content (AvgIpc) is 3.19. The summed E-state index contributed by atoms with van der Waals surface area (Å²) >= 11 is 0. The van der Waals surface area contributed by atoms with Gasteiger partial charge in [-0.05, 0) is 51.4 Å². The van der Waals surface area contributed by atoms with Gasteiger partial charge < -0.3 is 20.3 Å². The Labute approximate surface area is 349 Å². The van der Waals surface area contributed by atoms with Crippen LogP contribution in [0.3, 0.4) is 0 Å². The molecule has 3 atom stereocenters. The molecule has 0 rings (SSSR count). The number of carbonyl (C=O) groups excluding carboxylic acids is 2. The van der Waals surface area contributed by atoms with Crippen molar-refractivity contribution in [2.24, 2.45) is 0 Å². The second-order valence-corrected chi connectivity index (χ2v) is 17.2.